The van der Waals surface area contributed by atoms with E-state index in [1.807, 2.05) is 31.2 Å². The summed E-state index contributed by atoms with van der Waals surface area (Å²) in [5.41, 5.74) is 6.45. The summed E-state index contributed by atoms with van der Waals surface area (Å²) in [5.74, 6) is -0.565. The molecule has 0 aliphatic heterocycles. The molecule has 4 heterocycles. The van der Waals surface area contributed by atoms with Crippen molar-refractivity contribution in [1.82, 2.24) is 40.0 Å². The lowest BCUT2D eigenvalue weighted by Gasteiger charge is -2.08. The molecule has 4 aromatic heterocycles. The van der Waals surface area contributed by atoms with Crippen LogP contribution >= 0.6 is 0 Å². The Bertz CT molecular complexity index is 1730. The number of nitrogens with zero attached hydrogens (tertiary/aromatic N) is 8. The van der Waals surface area contributed by atoms with Crippen LogP contribution in [0.5, 0.6) is 0 Å². The fourth-order valence-corrected chi connectivity index (χ4v) is 4.30. The summed E-state index contributed by atoms with van der Waals surface area (Å²) in [5, 5.41) is 16.7. The van der Waals surface area contributed by atoms with Crippen LogP contribution < -0.4 is 0 Å². The minimum absolute atomic E-state index is 0.282. The zero-order chi connectivity index (χ0) is 30.0. The van der Waals surface area contributed by atoms with Crippen LogP contribution in [0.15, 0.2) is 97.6 Å². The summed E-state index contributed by atoms with van der Waals surface area (Å²) in [6.45, 7) is 3.10. The first-order chi connectivity index (χ1) is 21.1. The lowest BCUT2D eigenvalue weighted by Crippen LogP contribution is -2.06. The second-order valence-electron chi connectivity index (χ2n) is 9.10. The molecule has 0 fully saturated rings. The third-order valence-electron chi connectivity index (χ3n) is 6.28. The molecule has 0 aliphatic carbocycles. The van der Waals surface area contributed by atoms with Gasteiger partial charge in [0.2, 0.25) is 0 Å². The van der Waals surface area contributed by atoms with Gasteiger partial charge in [0.1, 0.15) is 36.5 Å². The van der Waals surface area contributed by atoms with Crippen molar-refractivity contribution in [3.05, 3.63) is 109 Å². The van der Waals surface area contributed by atoms with Gasteiger partial charge in [0.25, 0.3) is 0 Å². The van der Waals surface area contributed by atoms with Crippen molar-refractivity contribution in [3.8, 4) is 45.0 Å². The first kappa shape index (κ1) is 29.3. The SMILES string of the molecule is CCOCn1nnc(-c2ccc(F)cc2)c1-c1ccncc1.COCn1nnc(-c2ccc(F)cc2)c1-c1ccncc1. The Morgan fingerprint density at radius 1 is 0.581 bits per heavy atom. The molecule has 218 valence electrons. The minimum atomic E-state index is -0.284. The van der Waals surface area contributed by atoms with Crippen LogP contribution in [0.25, 0.3) is 45.0 Å². The number of ether oxygens (including phenoxy) is 2. The third kappa shape index (κ3) is 7.00. The van der Waals surface area contributed by atoms with E-state index in [4.69, 9.17) is 9.47 Å². The molecule has 0 bridgehead atoms. The van der Waals surface area contributed by atoms with Gasteiger partial charge in [-0.2, -0.15) is 0 Å². The molecule has 0 saturated carbocycles. The maximum atomic E-state index is 13.1. The number of hydrogen-bond donors (Lipinski definition) is 0. The van der Waals surface area contributed by atoms with Crippen LogP contribution in [0.3, 0.4) is 0 Å². The molecule has 0 amide bonds. The molecule has 2 aromatic carbocycles. The summed E-state index contributed by atoms with van der Waals surface area (Å²) >= 11 is 0. The van der Waals surface area contributed by atoms with Crippen LogP contribution in [0.4, 0.5) is 8.78 Å². The first-order valence-electron chi connectivity index (χ1n) is 13.3. The molecule has 0 radical (unpaired) electrons. The Hall–Kier alpha value is -5.20. The van der Waals surface area contributed by atoms with E-state index < -0.39 is 0 Å². The van der Waals surface area contributed by atoms with Crippen molar-refractivity contribution in [3.63, 3.8) is 0 Å². The number of benzene rings is 2. The Balaban J connectivity index is 0.000000171. The highest BCUT2D eigenvalue weighted by atomic mass is 19.1. The van der Waals surface area contributed by atoms with Crippen LogP contribution in [0.2, 0.25) is 0 Å². The average Bonchev–Trinajstić information content (AvgIpc) is 3.67. The van der Waals surface area contributed by atoms with E-state index >= 15 is 0 Å². The number of aromatic nitrogens is 8. The van der Waals surface area contributed by atoms with Gasteiger partial charge in [-0.1, -0.05) is 10.4 Å². The van der Waals surface area contributed by atoms with Gasteiger partial charge in [-0.15, -0.1) is 10.2 Å². The highest BCUT2D eigenvalue weighted by Crippen LogP contribution is 2.31. The second kappa shape index (κ2) is 14.1. The number of hydrogen-bond acceptors (Lipinski definition) is 8. The fraction of sp³-hybridized carbons (Fsp3) is 0.161. The van der Waals surface area contributed by atoms with Crippen LogP contribution in [0, 0.1) is 11.6 Å². The predicted molar refractivity (Wildman–Crippen MR) is 156 cm³/mol. The summed E-state index contributed by atoms with van der Waals surface area (Å²) in [4.78, 5) is 8.04. The van der Waals surface area contributed by atoms with Gasteiger partial charge in [-0.05, 0) is 79.7 Å². The van der Waals surface area contributed by atoms with Crippen LogP contribution in [-0.2, 0) is 22.9 Å². The molecule has 0 aliphatic rings. The highest BCUT2D eigenvalue weighted by Gasteiger charge is 2.18. The number of rotatable bonds is 9. The maximum absolute atomic E-state index is 13.1. The summed E-state index contributed by atoms with van der Waals surface area (Å²) < 4.78 is 40.1. The molecule has 43 heavy (non-hydrogen) atoms. The van der Waals surface area contributed by atoms with Gasteiger partial charge in [0, 0.05) is 60.8 Å². The molecule has 0 N–H and O–H groups in total. The minimum Gasteiger partial charge on any atom is -0.362 e. The van der Waals surface area contributed by atoms with E-state index in [1.165, 1.54) is 24.3 Å². The molecule has 0 unspecified atom stereocenters. The fourth-order valence-electron chi connectivity index (χ4n) is 4.30. The number of halogens is 2. The van der Waals surface area contributed by atoms with Crippen molar-refractivity contribution >= 4 is 0 Å². The van der Waals surface area contributed by atoms with Gasteiger partial charge in [0.05, 0.1) is 11.4 Å². The van der Waals surface area contributed by atoms with Crippen LogP contribution in [-0.4, -0.2) is 53.7 Å². The monoisotopic (exact) mass is 582 g/mol. The largest absolute Gasteiger partial charge is 0.362 e. The topological polar surface area (TPSA) is 106 Å². The van der Waals surface area contributed by atoms with Crippen LogP contribution in [0.1, 0.15) is 6.92 Å². The molecule has 0 saturated heterocycles. The summed E-state index contributed by atoms with van der Waals surface area (Å²) in [6.07, 6.45) is 6.82. The normalized spacial score (nSPS) is 10.8. The van der Waals surface area contributed by atoms with Crippen molar-refractivity contribution < 1.29 is 18.3 Å². The lowest BCUT2D eigenvalue weighted by molar-refractivity contribution is 0.0790. The predicted octanol–water partition coefficient (Wildman–Crippen LogP) is 5.89. The Morgan fingerprint density at radius 3 is 1.40 bits per heavy atom. The maximum Gasteiger partial charge on any atom is 0.141 e. The van der Waals surface area contributed by atoms with Crippen molar-refractivity contribution in [2.24, 2.45) is 0 Å². The Kier molecular flexibility index (Phi) is 9.62. The van der Waals surface area contributed by atoms with Gasteiger partial charge in [-0.25, -0.2) is 18.1 Å². The van der Waals surface area contributed by atoms with E-state index in [1.54, 1.807) is 65.5 Å². The molecule has 10 nitrogen and oxygen atoms in total. The van der Waals surface area contributed by atoms with Gasteiger partial charge in [0.15, 0.2) is 0 Å². The summed E-state index contributed by atoms with van der Waals surface area (Å²) in [6, 6.07) is 19.9. The first-order valence-corrected chi connectivity index (χ1v) is 13.3. The Morgan fingerprint density at radius 2 is 1.00 bits per heavy atom. The number of pyridine rings is 2. The average molecular weight is 583 g/mol. The van der Waals surface area contributed by atoms with Crippen molar-refractivity contribution in [2.45, 2.75) is 20.4 Å². The Labute approximate surface area is 246 Å². The summed E-state index contributed by atoms with van der Waals surface area (Å²) in [7, 11) is 1.59. The third-order valence-corrected chi connectivity index (χ3v) is 6.28. The zero-order valence-corrected chi connectivity index (χ0v) is 23.5. The molecular weight excluding hydrogens is 554 g/mol. The van der Waals surface area contributed by atoms with Gasteiger partial charge in [-0.3, -0.25) is 9.97 Å². The highest BCUT2D eigenvalue weighted by molar-refractivity contribution is 5.78. The molecule has 6 rings (SSSR count). The van der Waals surface area contributed by atoms with E-state index in [0.29, 0.717) is 24.7 Å². The van der Waals surface area contributed by atoms with E-state index in [2.05, 4.69) is 30.6 Å². The molecule has 0 spiro atoms. The quantitative estimate of drug-likeness (QED) is 0.208. The molecule has 12 heteroatoms. The smallest absolute Gasteiger partial charge is 0.141 e. The number of methoxy groups -OCH3 is 1. The second-order valence-corrected chi connectivity index (χ2v) is 9.10. The standard InChI is InChI=1S/C16H15FN4O.C15H13FN4O/c1-2-22-11-21-16(13-7-9-18-10-8-13)15(19-20-21)12-3-5-14(17)6-4-12;1-21-10-20-15(12-6-8-17-9-7-12)14(18-19-20)11-2-4-13(16)5-3-11/h3-10H,2,11H2,1H3;2-9H,10H2,1H3. The lowest BCUT2D eigenvalue weighted by atomic mass is 10.1. The molecule has 6 aromatic rings. The van der Waals surface area contributed by atoms with E-state index in [9.17, 15) is 8.78 Å². The van der Waals surface area contributed by atoms with E-state index in [-0.39, 0.29) is 18.4 Å². The van der Waals surface area contributed by atoms with Gasteiger partial charge >= 0.3 is 0 Å². The van der Waals surface area contributed by atoms with Gasteiger partial charge < -0.3 is 9.47 Å². The van der Waals surface area contributed by atoms with Crippen molar-refractivity contribution in [2.75, 3.05) is 13.7 Å². The van der Waals surface area contributed by atoms with Crippen molar-refractivity contribution in [1.29, 1.82) is 0 Å². The van der Waals surface area contributed by atoms with E-state index in [0.717, 1.165) is 33.6 Å². The zero-order valence-electron chi connectivity index (χ0n) is 23.5. The molecule has 0 atom stereocenters. The molecular formula is C31H28F2N8O2.